The molecule has 0 saturated carbocycles. The van der Waals surface area contributed by atoms with Gasteiger partial charge in [-0.2, -0.15) is 0 Å². The number of nitrogens with zero attached hydrogens (tertiary/aromatic N) is 5. The van der Waals surface area contributed by atoms with Crippen LogP contribution in [0.15, 0.2) is 40.1 Å². The minimum atomic E-state index is -0.262. The van der Waals surface area contributed by atoms with Crippen molar-refractivity contribution in [2.24, 2.45) is 9.98 Å². The highest BCUT2D eigenvalue weighted by Crippen LogP contribution is 2.22. The van der Waals surface area contributed by atoms with Gasteiger partial charge in [-0.05, 0) is 50.9 Å². The van der Waals surface area contributed by atoms with Gasteiger partial charge in [0.25, 0.3) is 0 Å². The fourth-order valence-electron chi connectivity index (χ4n) is 4.39. The Morgan fingerprint density at radius 3 is 2.73 bits per heavy atom. The molecule has 0 radical (unpaired) electrons. The van der Waals surface area contributed by atoms with Crippen LogP contribution >= 0.6 is 0 Å². The lowest BCUT2D eigenvalue weighted by Gasteiger charge is -2.32. The molecule has 2 aliphatic heterocycles. The number of rotatable bonds is 8. The summed E-state index contributed by atoms with van der Waals surface area (Å²) in [7, 11) is 2.18. The number of aliphatic hydroxyl groups excluding tert-OH is 1. The predicted molar refractivity (Wildman–Crippen MR) is 133 cm³/mol. The van der Waals surface area contributed by atoms with Gasteiger partial charge < -0.3 is 15.3 Å². The molecule has 1 saturated heterocycles. The normalized spacial score (nSPS) is 26.7. The van der Waals surface area contributed by atoms with Crippen LogP contribution in [0.3, 0.4) is 0 Å². The molecule has 0 bridgehead atoms. The number of piperazine rings is 1. The second-order valence-corrected chi connectivity index (χ2v) is 9.42. The summed E-state index contributed by atoms with van der Waals surface area (Å²) in [4.78, 5) is 19.2. The molecule has 180 valence electrons. The van der Waals surface area contributed by atoms with Crippen molar-refractivity contribution < 1.29 is 5.11 Å². The molecule has 8 nitrogen and oxygen atoms in total. The number of aromatic nitrogens is 1. The fraction of sp³-hybridized carbons (Fsp3) is 0.640. The van der Waals surface area contributed by atoms with Crippen molar-refractivity contribution in [3.05, 3.63) is 41.4 Å². The van der Waals surface area contributed by atoms with Gasteiger partial charge in [0.05, 0.1) is 17.7 Å². The molecular weight excluding hydrogens is 414 g/mol. The summed E-state index contributed by atoms with van der Waals surface area (Å²) in [6, 6.07) is 4.30. The molecule has 1 aliphatic carbocycles. The van der Waals surface area contributed by atoms with Gasteiger partial charge in [-0.25, -0.2) is 4.99 Å². The zero-order chi connectivity index (χ0) is 23.0. The highest BCUT2D eigenvalue weighted by atomic mass is 16.3. The first-order valence-electron chi connectivity index (χ1n) is 12.4. The van der Waals surface area contributed by atoms with Crippen molar-refractivity contribution in [3.63, 3.8) is 0 Å². The monoisotopic (exact) mass is 453 g/mol. The van der Waals surface area contributed by atoms with Gasteiger partial charge in [0.15, 0.2) is 6.29 Å². The van der Waals surface area contributed by atoms with Crippen molar-refractivity contribution in [1.82, 2.24) is 25.4 Å². The van der Waals surface area contributed by atoms with Crippen molar-refractivity contribution in [1.29, 1.82) is 0 Å². The summed E-state index contributed by atoms with van der Waals surface area (Å²) in [5.41, 5.74) is 3.32. The zero-order valence-corrected chi connectivity index (χ0v) is 20.1. The number of nitrogens with one attached hydrogen (secondary N) is 2. The Morgan fingerprint density at radius 2 is 2.03 bits per heavy atom. The third-order valence-corrected chi connectivity index (χ3v) is 6.63. The molecule has 0 spiro atoms. The van der Waals surface area contributed by atoms with Gasteiger partial charge in [-0.3, -0.25) is 20.2 Å². The number of hydrogen-bond donors (Lipinski definition) is 3. The van der Waals surface area contributed by atoms with Crippen LogP contribution in [-0.2, 0) is 6.54 Å². The van der Waals surface area contributed by atoms with Gasteiger partial charge in [-0.1, -0.05) is 25.5 Å². The van der Waals surface area contributed by atoms with E-state index in [4.69, 9.17) is 9.98 Å². The molecule has 3 atom stereocenters. The van der Waals surface area contributed by atoms with Crippen molar-refractivity contribution in [2.45, 2.75) is 63.9 Å². The lowest BCUT2D eigenvalue weighted by molar-refractivity contribution is 0.148. The Kier molecular flexibility index (Phi) is 8.61. The average Bonchev–Trinajstić information content (AvgIpc) is 2.83. The number of likely N-dealkylation sites (N-methyl/N-ethyl adjacent to an activating group) is 1. The molecule has 0 aromatic carbocycles. The van der Waals surface area contributed by atoms with Gasteiger partial charge in [-0.15, -0.1) is 0 Å². The smallest absolute Gasteiger partial charge is 0.195 e. The van der Waals surface area contributed by atoms with E-state index in [1.54, 1.807) is 0 Å². The van der Waals surface area contributed by atoms with E-state index in [0.717, 1.165) is 82.2 Å². The summed E-state index contributed by atoms with van der Waals surface area (Å²) in [6.45, 7) is 8.47. The summed E-state index contributed by atoms with van der Waals surface area (Å²) < 4.78 is 0. The van der Waals surface area contributed by atoms with Crippen molar-refractivity contribution >= 4 is 12.1 Å². The predicted octanol–water partition coefficient (Wildman–Crippen LogP) is 2.09. The largest absolute Gasteiger partial charge is 0.393 e. The van der Waals surface area contributed by atoms with E-state index < -0.39 is 0 Å². The Hall–Kier alpha value is -2.13. The lowest BCUT2D eigenvalue weighted by Crippen LogP contribution is -2.43. The molecule has 33 heavy (non-hydrogen) atoms. The van der Waals surface area contributed by atoms with Crippen LogP contribution < -0.4 is 10.6 Å². The quantitative estimate of drug-likeness (QED) is 0.523. The third-order valence-electron chi connectivity index (χ3n) is 6.63. The molecule has 1 aromatic rings. The topological polar surface area (TPSA) is 88.4 Å². The molecule has 3 unspecified atom stereocenters. The summed E-state index contributed by atoms with van der Waals surface area (Å²) in [6.07, 6.45) is 10.1. The first kappa shape index (κ1) is 24.0. The van der Waals surface area contributed by atoms with Gasteiger partial charge in [0.2, 0.25) is 0 Å². The van der Waals surface area contributed by atoms with E-state index in [-0.39, 0.29) is 18.3 Å². The van der Waals surface area contributed by atoms with E-state index in [1.165, 1.54) is 5.56 Å². The molecule has 1 aromatic heterocycles. The Bertz CT molecular complexity index is 843. The van der Waals surface area contributed by atoms with Gasteiger partial charge in [0.1, 0.15) is 5.84 Å². The minimum absolute atomic E-state index is 0.0975. The summed E-state index contributed by atoms with van der Waals surface area (Å²) in [5, 5.41) is 16.8. The Morgan fingerprint density at radius 1 is 1.18 bits per heavy atom. The highest BCUT2D eigenvalue weighted by molar-refractivity contribution is 6.04. The molecular formula is C25H39N7O. The first-order chi connectivity index (χ1) is 16.1. The Balaban J connectivity index is 1.44. The average molecular weight is 454 g/mol. The molecule has 3 heterocycles. The maximum absolute atomic E-state index is 9.83. The second kappa shape index (κ2) is 11.8. The Labute approximate surface area is 197 Å². The highest BCUT2D eigenvalue weighted by Gasteiger charge is 2.25. The first-order valence-corrected chi connectivity index (χ1v) is 12.4. The van der Waals surface area contributed by atoms with Gasteiger partial charge in [0, 0.05) is 50.8 Å². The third kappa shape index (κ3) is 6.93. The second-order valence-electron chi connectivity index (χ2n) is 9.42. The maximum atomic E-state index is 9.83. The fourth-order valence-corrected chi connectivity index (χ4v) is 4.39. The number of allylic oxidation sites excluding steroid dienone is 1. The molecule has 8 heteroatoms. The summed E-state index contributed by atoms with van der Waals surface area (Å²) in [5.74, 6) is 0.778. The minimum Gasteiger partial charge on any atom is -0.393 e. The molecule has 3 aliphatic rings. The summed E-state index contributed by atoms with van der Waals surface area (Å²) >= 11 is 0. The van der Waals surface area contributed by atoms with E-state index in [9.17, 15) is 5.11 Å². The van der Waals surface area contributed by atoms with Crippen LogP contribution in [0.2, 0.25) is 0 Å². The van der Waals surface area contributed by atoms with Crippen LogP contribution in [0.25, 0.3) is 0 Å². The molecule has 4 rings (SSSR count). The van der Waals surface area contributed by atoms with Crippen LogP contribution in [0.4, 0.5) is 0 Å². The molecule has 3 N–H and O–H groups in total. The lowest BCUT2D eigenvalue weighted by atomic mass is 9.99. The van der Waals surface area contributed by atoms with E-state index in [0.29, 0.717) is 6.42 Å². The standard InChI is InChI=1S/C25H39N7O/c1-3-4-11-26-25-28-17-22(24(30-25)29-20-6-8-21(33)9-7-20)23-10-5-19(16-27-23)18-32-14-12-31(2)13-15-32/h5-6,10,16-17,21-22,25-26,33H,3-4,7-9,11-15,18H2,1-2H3,(H,29,30). The van der Waals surface area contributed by atoms with E-state index in [1.807, 2.05) is 12.4 Å². The number of hydrogen-bond acceptors (Lipinski definition) is 8. The van der Waals surface area contributed by atoms with E-state index >= 15 is 0 Å². The van der Waals surface area contributed by atoms with Crippen molar-refractivity contribution in [2.75, 3.05) is 39.8 Å². The molecule has 1 fully saturated rings. The van der Waals surface area contributed by atoms with Crippen molar-refractivity contribution in [3.8, 4) is 0 Å². The number of unbranched alkanes of at least 4 members (excludes halogenated alkanes) is 1. The van der Waals surface area contributed by atoms with Crippen LogP contribution in [-0.4, -0.2) is 84.1 Å². The van der Waals surface area contributed by atoms with Crippen LogP contribution in [0, 0.1) is 0 Å². The molecule has 0 amide bonds. The van der Waals surface area contributed by atoms with Crippen LogP contribution in [0.1, 0.15) is 56.2 Å². The maximum Gasteiger partial charge on any atom is 0.195 e. The number of aliphatic hydroxyl groups is 1. The SMILES string of the molecule is CCCCNC1N=CC(c2ccc(CN3CCN(C)CC3)cn2)C(NC2=CCC(O)CC2)=N1. The number of pyridine rings is 1. The van der Waals surface area contributed by atoms with E-state index in [2.05, 4.69) is 57.6 Å². The van der Waals surface area contributed by atoms with Crippen LogP contribution in [0.5, 0.6) is 0 Å². The number of amidine groups is 1. The van der Waals surface area contributed by atoms with Gasteiger partial charge >= 0.3 is 0 Å². The zero-order valence-electron chi connectivity index (χ0n) is 20.1. The number of aliphatic imine (C=N–C) groups is 2.